The Morgan fingerprint density at radius 1 is 1.13 bits per heavy atom. The molecule has 2 rings (SSSR count). The van der Waals surface area contributed by atoms with Crippen LogP contribution in [0.1, 0.15) is 32.3 Å². The summed E-state index contributed by atoms with van der Waals surface area (Å²) in [5, 5.41) is 7.23. The summed E-state index contributed by atoms with van der Waals surface area (Å²) in [5.41, 5.74) is 1.32. The van der Waals surface area contributed by atoms with Crippen LogP contribution in [0, 0.1) is 0 Å². The van der Waals surface area contributed by atoms with Crippen molar-refractivity contribution in [3.05, 3.63) is 52.3 Å². The smallest absolute Gasteiger partial charge is 0.411 e. The lowest BCUT2D eigenvalue weighted by atomic mass is 10.2. The van der Waals surface area contributed by atoms with Crippen LogP contribution in [0.15, 0.2) is 41.2 Å². The molecular weight excluding hydrogens is 382 g/mol. The highest BCUT2D eigenvalue weighted by molar-refractivity contribution is 5.84. The van der Waals surface area contributed by atoms with E-state index in [9.17, 15) is 9.59 Å². The fourth-order valence-corrected chi connectivity index (χ4v) is 3.04. The van der Waals surface area contributed by atoms with Gasteiger partial charge < -0.3 is 14.5 Å². The Bertz CT molecular complexity index is 862. The maximum Gasteiger partial charge on any atom is 0.411 e. The van der Waals surface area contributed by atoms with Gasteiger partial charge in [-0.15, -0.1) is 0 Å². The second-order valence-electron chi connectivity index (χ2n) is 7.33. The summed E-state index contributed by atoms with van der Waals surface area (Å²) in [5.74, 6) is 0.770. The van der Waals surface area contributed by atoms with Crippen molar-refractivity contribution in [2.75, 3.05) is 50.6 Å². The van der Waals surface area contributed by atoms with Crippen molar-refractivity contribution in [3.8, 4) is 0 Å². The molecule has 30 heavy (non-hydrogen) atoms. The summed E-state index contributed by atoms with van der Waals surface area (Å²) in [6, 6.07) is 10.6. The molecule has 0 saturated carbocycles. The maximum atomic E-state index is 12.2. The van der Waals surface area contributed by atoms with Crippen LogP contribution >= 0.6 is 0 Å². The van der Waals surface area contributed by atoms with E-state index in [2.05, 4.69) is 34.1 Å². The number of carbonyl (C=O) groups is 1. The van der Waals surface area contributed by atoms with Gasteiger partial charge in [0.05, 0.1) is 13.2 Å². The first-order chi connectivity index (χ1) is 14.4. The van der Waals surface area contributed by atoms with Crippen molar-refractivity contribution in [2.45, 2.75) is 33.2 Å². The van der Waals surface area contributed by atoms with Crippen molar-refractivity contribution in [1.82, 2.24) is 14.7 Å². The number of nitrogens with zero attached hydrogens (tertiary/aromatic N) is 4. The van der Waals surface area contributed by atoms with Crippen molar-refractivity contribution >= 4 is 17.6 Å². The number of amides is 1. The second kappa shape index (κ2) is 12.0. The van der Waals surface area contributed by atoms with Crippen LogP contribution in [-0.4, -0.2) is 61.1 Å². The Labute approximate surface area is 178 Å². The summed E-state index contributed by atoms with van der Waals surface area (Å²) in [6.45, 7) is 7.42. The standard InChI is InChI=1S/C22H33N5O3/c1-5-26(6-2)20-12-13-21(28)27(24-20)17-18-10-9-11-19(16-18)23-22(29)30-15-8-7-14-25(3)4/h9-13,16H,5-8,14-15,17H2,1-4H3,(H,23,29). The van der Waals surface area contributed by atoms with E-state index in [0.29, 0.717) is 18.8 Å². The van der Waals surface area contributed by atoms with Gasteiger partial charge in [-0.25, -0.2) is 9.48 Å². The average Bonchev–Trinajstić information content (AvgIpc) is 2.71. The molecule has 0 aliphatic carbocycles. The van der Waals surface area contributed by atoms with Gasteiger partial charge in [-0.1, -0.05) is 12.1 Å². The van der Waals surface area contributed by atoms with Crippen LogP contribution in [-0.2, 0) is 11.3 Å². The molecular formula is C22H33N5O3. The third kappa shape index (κ3) is 7.51. The number of benzene rings is 1. The highest BCUT2D eigenvalue weighted by atomic mass is 16.5. The first-order valence-corrected chi connectivity index (χ1v) is 10.4. The zero-order chi connectivity index (χ0) is 21.9. The Morgan fingerprint density at radius 2 is 1.90 bits per heavy atom. The lowest BCUT2D eigenvalue weighted by Gasteiger charge is -2.20. The van der Waals surface area contributed by atoms with Gasteiger partial charge in [-0.3, -0.25) is 10.1 Å². The minimum Gasteiger partial charge on any atom is -0.449 e. The molecule has 0 aliphatic heterocycles. The lowest BCUT2D eigenvalue weighted by molar-refractivity contribution is 0.158. The fraction of sp³-hybridized carbons (Fsp3) is 0.500. The molecule has 0 saturated heterocycles. The molecule has 0 spiro atoms. The molecule has 1 heterocycles. The molecule has 1 aromatic carbocycles. The highest BCUT2D eigenvalue weighted by Gasteiger charge is 2.08. The first kappa shape index (κ1) is 23.4. The van der Waals surface area contributed by atoms with Gasteiger partial charge in [0.1, 0.15) is 5.82 Å². The largest absolute Gasteiger partial charge is 0.449 e. The maximum absolute atomic E-state index is 12.2. The van der Waals surface area contributed by atoms with Gasteiger partial charge >= 0.3 is 6.09 Å². The van der Waals surface area contributed by atoms with E-state index < -0.39 is 6.09 Å². The summed E-state index contributed by atoms with van der Waals surface area (Å²) >= 11 is 0. The van der Waals surface area contributed by atoms with Crippen molar-refractivity contribution in [1.29, 1.82) is 0 Å². The van der Waals surface area contributed by atoms with E-state index in [4.69, 9.17) is 4.74 Å². The fourth-order valence-electron chi connectivity index (χ4n) is 3.04. The summed E-state index contributed by atoms with van der Waals surface area (Å²) < 4.78 is 6.67. The number of ether oxygens (including phenoxy) is 1. The van der Waals surface area contributed by atoms with Crippen LogP contribution in [0.3, 0.4) is 0 Å². The van der Waals surface area contributed by atoms with E-state index in [1.807, 2.05) is 32.3 Å². The quantitative estimate of drug-likeness (QED) is 0.568. The van der Waals surface area contributed by atoms with E-state index >= 15 is 0 Å². The van der Waals surface area contributed by atoms with Gasteiger partial charge in [-0.05, 0) is 71.1 Å². The van der Waals surface area contributed by atoms with Crippen LogP contribution in [0.4, 0.5) is 16.3 Å². The molecule has 1 amide bonds. The normalized spacial score (nSPS) is 10.8. The molecule has 2 aromatic rings. The number of rotatable bonds is 11. The predicted octanol–water partition coefficient (Wildman–Crippen LogP) is 3.03. The second-order valence-corrected chi connectivity index (χ2v) is 7.33. The average molecular weight is 416 g/mol. The van der Waals surface area contributed by atoms with Gasteiger partial charge in [0.15, 0.2) is 0 Å². The van der Waals surface area contributed by atoms with Gasteiger partial charge in [0.25, 0.3) is 5.56 Å². The van der Waals surface area contributed by atoms with Gasteiger partial charge in [0, 0.05) is 24.8 Å². The van der Waals surface area contributed by atoms with Gasteiger partial charge in [0.2, 0.25) is 0 Å². The SMILES string of the molecule is CCN(CC)c1ccc(=O)n(Cc2cccc(NC(=O)OCCCCN(C)C)c2)n1. The summed E-state index contributed by atoms with van der Waals surface area (Å²) in [7, 11) is 4.04. The van der Waals surface area contributed by atoms with Crippen LogP contribution < -0.4 is 15.8 Å². The molecule has 164 valence electrons. The van der Waals surface area contributed by atoms with E-state index in [1.165, 1.54) is 10.7 Å². The Kier molecular flexibility index (Phi) is 9.34. The van der Waals surface area contributed by atoms with E-state index in [1.54, 1.807) is 12.1 Å². The lowest BCUT2D eigenvalue weighted by Crippen LogP contribution is -2.29. The van der Waals surface area contributed by atoms with Crippen LogP contribution in [0.5, 0.6) is 0 Å². The number of hydrogen-bond donors (Lipinski definition) is 1. The number of nitrogens with one attached hydrogen (secondary N) is 1. The van der Waals surface area contributed by atoms with E-state index in [-0.39, 0.29) is 5.56 Å². The number of aromatic nitrogens is 2. The topological polar surface area (TPSA) is 79.7 Å². The minimum absolute atomic E-state index is 0.165. The molecule has 0 atom stereocenters. The van der Waals surface area contributed by atoms with Crippen LogP contribution in [0.25, 0.3) is 0 Å². The van der Waals surface area contributed by atoms with Gasteiger partial charge in [-0.2, -0.15) is 5.10 Å². The molecule has 0 aliphatic rings. The molecule has 1 aromatic heterocycles. The van der Waals surface area contributed by atoms with Crippen molar-refractivity contribution in [2.24, 2.45) is 0 Å². The number of unbranched alkanes of at least 4 members (excludes halogenated alkanes) is 1. The molecule has 0 bridgehead atoms. The molecule has 0 radical (unpaired) electrons. The predicted molar refractivity (Wildman–Crippen MR) is 120 cm³/mol. The number of anilines is 2. The molecule has 8 nitrogen and oxygen atoms in total. The molecule has 1 N–H and O–H groups in total. The monoisotopic (exact) mass is 415 g/mol. The third-order valence-electron chi connectivity index (χ3n) is 4.68. The molecule has 8 heteroatoms. The van der Waals surface area contributed by atoms with E-state index in [0.717, 1.165) is 43.9 Å². The zero-order valence-corrected chi connectivity index (χ0v) is 18.4. The van der Waals surface area contributed by atoms with Crippen molar-refractivity contribution < 1.29 is 9.53 Å². The molecule has 0 unspecified atom stereocenters. The number of carbonyl (C=O) groups excluding carboxylic acids is 1. The first-order valence-electron chi connectivity index (χ1n) is 10.4. The van der Waals surface area contributed by atoms with Crippen molar-refractivity contribution in [3.63, 3.8) is 0 Å². The Hall–Kier alpha value is -2.87. The Morgan fingerprint density at radius 3 is 2.60 bits per heavy atom. The zero-order valence-electron chi connectivity index (χ0n) is 18.4. The third-order valence-corrected chi connectivity index (χ3v) is 4.68. The minimum atomic E-state index is -0.476. The summed E-state index contributed by atoms with van der Waals surface area (Å²) in [4.78, 5) is 28.4. The van der Waals surface area contributed by atoms with Crippen LogP contribution in [0.2, 0.25) is 0 Å². The molecule has 0 fully saturated rings. The summed E-state index contributed by atoms with van der Waals surface area (Å²) in [6.07, 6.45) is 1.32. The number of hydrogen-bond acceptors (Lipinski definition) is 6. The Balaban J connectivity index is 1.96. The highest BCUT2D eigenvalue weighted by Crippen LogP contribution is 2.13.